The molecule has 6 nitrogen and oxygen atoms in total. The van der Waals surface area contributed by atoms with E-state index < -0.39 is 12.1 Å². The summed E-state index contributed by atoms with van der Waals surface area (Å²) < 4.78 is 0. The average molecular weight is 322 g/mol. The zero-order chi connectivity index (χ0) is 15.7. The van der Waals surface area contributed by atoms with E-state index in [1.165, 1.54) is 0 Å². The normalized spacial score (nSPS) is 22.0. The van der Waals surface area contributed by atoms with Gasteiger partial charge >= 0.3 is 6.03 Å². The SMILES string of the molecule is O=C(CCC1NC(=O)NC1=O)NC1(c2cccc(Cl)c2)CC1. The van der Waals surface area contributed by atoms with Gasteiger partial charge in [0.1, 0.15) is 6.04 Å². The van der Waals surface area contributed by atoms with Crippen molar-refractivity contribution in [1.82, 2.24) is 16.0 Å². The van der Waals surface area contributed by atoms with Gasteiger partial charge in [-0.2, -0.15) is 0 Å². The lowest BCUT2D eigenvalue weighted by Crippen LogP contribution is -2.36. The fourth-order valence-electron chi connectivity index (χ4n) is 2.66. The quantitative estimate of drug-likeness (QED) is 0.717. The Bertz CT molecular complexity index is 643. The van der Waals surface area contributed by atoms with Crippen LogP contribution in [0.4, 0.5) is 4.79 Å². The molecule has 1 aromatic carbocycles. The van der Waals surface area contributed by atoms with Gasteiger partial charge in [-0.3, -0.25) is 14.9 Å². The predicted molar refractivity (Wildman–Crippen MR) is 80.2 cm³/mol. The van der Waals surface area contributed by atoms with E-state index in [2.05, 4.69) is 16.0 Å². The summed E-state index contributed by atoms with van der Waals surface area (Å²) >= 11 is 5.99. The second-order valence-corrected chi connectivity index (χ2v) is 6.13. The van der Waals surface area contributed by atoms with Crippen LogP contribution in [0.1, 0.15) is 31.2 Å². The second-order valence-electron chi connectivity index (χ2n) is 5.69. The molecule has 116 valence electrons. The van der Waals surface area contributed by atoms with E-state index in [0.29, 0.717) is 5.02 Å². The number of urea groups is 1. The molecule has 3 rings (SSSR count). The Morgan fingerprint density at radius 2 is 2.14 bits per heavy atom. The van der Waals surface area contributed by atoms with Gasteiger partial charge in [-0.05, 0) is 37.0 Å². The second kappa shape index (κ2) is 5.61. The molecule has 0 spiro atoms. The van der Waals surface area contributed by atoms with E-state index in [0.717, 1.165) is 18.4 Å². The van der Waals surface area contributed by atoms with Crippen LogP contribution in [-0.2, 0) is 15.1 Å². The summed E-state index contributed by atoms with van der Waals surface area (Å²) in [6, 6.07) is 6.34. The first-order valence-corrected chi connectivity index (χ1v) is 7.55. The molecule has 0 radical (unpaired) electrons. The highest BCUT2D eigenvalue weighted by atomic mass is 35.5. The van der Waals surface area contributed by atoms with Crippen molar-refractivity contribution in [3.63, 3.8) is 0 Å². The van der Waals surface area contributed by atoms with Gasteiger partial charge in [0.2, 0.25) is 5.91 Å². The zero-order valence-corrected chi connectivity index (χ0v) is 12.6. The highest BCUT2D eigenvalue weighted by Gasteiger charge is 2.45. The minimum absolute atomic E-state index is 0.133. The highest BCUT2D eigenvalue weighted by Crippen LogP contribution is 2.46. The number of rotatable bonds is 5. The van der Waals surface area contributed by atoms with E-state index in [1.807, 2.05) is 18.2 Å². The van der Waals surface area contributed by atoms with Crippen molar-refractivity contribution in [3.05, 3.63) is 34.9 Å². The van der Waals surface area contributed by atoms with Crippen LogP contribution in [0.5, 0.6) is 0 Å². The molecule has 1 unspecified atom stereocenters. The van der Waals surface area contributed by atoms with Gasteiger partial charge in [0, 0.05) is 11.4 Å². The van der Waals surface area contributed by atoms with Crippen molar-refractivity contribution >= 4 is 29.4 Å². The Balaban J connectivity index is 1.56. The third-order valence-corrected chi connectivity index (χ3v) is 4.26. The Kier molecular flexibility index (Phi) is 3.78. The van der Waals surface area contributed by atoms with E-state index in [-0.39, 0.29) is 30.2 Å². The molecule has 1 aromatic rings. The average Bonchev–Trinajstić information content (AvgIpc) is 3.16. The summed E-state index contributed by atoms with van der Waals surface area (Å²) in [5, 5.41) is 8.29. The maximum atomic E-state index is 12.1. The first kappa shape index (κ1) is 14.8. The van der Waals surface area contributed by atoms with Crippen LogP contribution in [0.15, 0.2) is 24.3 Å². The lowest BCUT2D eigenvalue weighted by atomic mass is 10.0. The Morgan fingerprint density at radius 1 is 1.36 bits per heavy atom. The predicted octanol–water partition coefficient (Wildman–Crippen LogP) is 1.43. The minimum atomic E-state index is -0.625. The van der Waals surface area contributed by atoms with Crippen molar-refractivity contribution in [2.75, 3.05) is 0 Å². The number of imide groups is 1. The molecule has 22 heavy (non-hydrogen) atoms. The monoisotopic (exact) mass is 321 g/mol. The van der Waals surface area contributed by atoms with Crippen LogP contribution in [0.3, 0.4) is 0 Å². The number of amides is 4. The zero-order valence-electron chi connectivity index (χ0n) is 11.8. The maximum absolute atomic E-state index is 12.1. The highest BCUT2D eigenvalue weighted by molar-refractivity contribution is 6.30. The van der Waals surface area contributed by atoms with Crippen LogP contribution in [0.25, 0.3) is 0 Å². The molecule has 1 saturated carbocycles. The molecule has 7 heteroatoms. The van der Waals surface area contributed by atoms with Crippen LogP contribution in [-0.4, -0.2) is 23.9 Å². The molecule has 1 saturated heterocycles. The molecule has 2 aliphatic rings. The summed E-state index contributed by atoms with van der Waals surface area (Å²) in [5.41, 5.74) is 0.670. The summed E-state index contributed by atoms with van der Waals surface area (Å²) in [6.45, 7) is 0. The molecule has 1 atom stereocenters. The van der Waals surface area contributed by atoms with Gasteiger partial charge in [0.25, 0.3) is 5.91 Å². The van der Waals surface area contributed by atoms with E-state index in [9.17, 15) is 14.4 Å². The van der Waals surface area contributed by atoms with Crippen LogP contribution in [0, 0.1) is 0 Å². The van der Waals surface area contributed by atoms with Crippen molar-refractivity contribution in [2.45, 2.75) is 37.3 Å². The van der Waals surface area contributed by atoms with Crippen molar-refractivity contribution < 1.29 is 14.4 Å². The number of carbonyl (C=O) groups excluding carboxylic acids is 3. The molecular weight excluding hydrogens is 306 g/mol. The van der Waals surface area contributed by atoms with E-state index in [4.69, 9.17) is 11.6 Å². The summed E-state index contributed by atoms with van der Waals surface area (Å²) in [5.74, 6) is -0.514. The Hall–Kier alpha value is -2.08. The van der Waals surface area contributed by atoms with Crippen molar-refractivity contribution in [3.8, 4) is 0 Å². The molecule has 2 fully saturated rings. The number of hydrogen-bond acceptors (Lipinski definition) is 3. The standard InChI is InChI=1S/C15H16ClN3O3/c16-10-3-1-2-9(8-10)15(6-7-15)19-12(20)5-4-11-13(21)18-14(22)17-11/h1-3,8,11H,4-7H2,(H,19,20)(H2,17,18,21,22). The van der Waals surface area contributed by atoms with E-state index >= 15 is 0 Å². The van der Waals surface area contributed by atoms with Gasteiger partial charge in [0.15, 0.2) is 0 Å². The minimum Gasteiger partial charge on any atom is -0.347 e. The fourth-order valence-corrected chi connectivity index (χ4v) is 2.85. The van der Waals surface area contributed by atoms with Crippen LogP contribution < -0.4 is 16.0 Å². The number of hydrogen-bond donors (Lipinski definition) is 3. The van der Waals surface area contributed by atoms with Crippen molar-refractivity contribution in [2.24, 2.45) is 0 Å². The van der Waals surface area contributed by atoms with E-state index in [1.54, 1.807) is 6.07 Å². The summed E-state index contributed by atoms with van der Waals surface area (Å²) in [4.78, 5) is 34.5. The Labute approximate surface area is 132 Å². The Morgan fingerprint density at radius 3 is 2.73 bits per heavy atom. The molecule has 1 aliphatic carbocycles. The van der Waals surface area contributed by atoms with Gasteiger partial charge in [0.05, 0.1) is 5.54 Å². The lowest BCUT2D eigenvalue weighted by molar-refractivity contribution is -0.123. The summed E-state index contributed by atoms with van der Waals surface area (Å²) in [7, 11) is 0. The number of nitrogens with one attached hydrogen (secondary N) is 3. The van der Waals surface area contributed by atoms with Gasteiger partial charge in [-0.25, -0.2) is 4.79 Å². The third kappa shape index (κ3) is 3.06. The number of halogens is 1. The number of carbonyl (C=O) groups is 3. The summed E-state index contributed by atoms with van der Waals surface area (Å²) in [6.07, 6.45) is 2.22. The first-order chi connectivity index (χ1) is 10.5. The van der Waals surface area contributed by atoms with Crippen LogP contribution >= 0.6 is 11.6 Å². The molecule has 0 bridgehead atoms. The first-order valence-electron chi connectivity index (χ1n) is 7.17. The molecule has 0 aromatic heterocycles. The largest absolute Gasteiger partial charge is 0.347 e. The van der Waals surface area contributed by atoms with Gasteiger partial charge in [-0.1, -0.05) is 23.7 Å². The molecule has 1 heterocycles. The fraction of sp³-hybridized carbons (Fsp3) is 0.400. The van der Waals surface area contributed by atoms with Gasteiger partial charge in [-0.15, -0.1) is 0 Å². The molecular formula is C15H16ClN3O3. The van der Waals surface area contributed by atoms with Crippen molar-refractivity contribution in [1.29, 1.82) is 0 Å². The molecule has 3 N–H and O–H groups in total. The molecule has 1 aliphatic heterocycles. The smallest absolute Gasteiger partial charge is 0.322 e. The van der Waals surface area contributed by atoms with Crippen LogP contribution in [0.2, 0.25) is 5.02 Å². The maximum Gasteiger partial charge on any atom is 0.322 e. The topological polar surface area (TPSA) is 87.3 Å². The third-order valence-electron chi connectivity index (χ3n) is 4.02. The van der Waals surface area contributed by atoms with Gasteiger partial charge < -0.3 is 10.6 Å². The number of benzene rings is 1. The lowest BCUT2D eigenvalue weighted by Gasteiger charge is -2.18. The molecule has 4 amide bonds.